The molecular weight excluding hydrogens is 513 g/mol. The number of carbonyl (C=O) groups is 2. The third kappa shape index (κ3) is 4.69. The van der Waals surface area contributed by atoms with Crippen LogP contribution in [0.4, 0.5) is 4.39 Å². The zero-order valence-corrected chi connectivity index (χ0v) is 23.2. The first-order chi connectivity index (χ1) is 19.6. The Balaban J connectivity index is 1.18. The molecule has 40 heavy (non-hydrogen) atoms. The van der Waals surface area contributed by atoms with Crippen molar-refractivity contribution in [3.8, 4) is 0 Å². The Morgan fingerprint density at radius 3 is 2.80 bits per heavy atom. The summed E-state index contributed by atoms with van der Waals surface area (Å²) in [6.07, 6.45) is 13.7. The fraction of sp³-hybridized carbons (Fsp3) is 0.767. The van der Waals surface area contributed by atoms with Gasteiger partial charge < -0.3 is 29.2 Å². The van der Waals surface area contributed by atoms with Gasteiger partial charge in [-0.05, 0) is 50.5 Å². The summed E-state index contributed by atoms with van der Waals surface area (Å²) < 4.78 is 30.3. The van der Waals surface area contributed by atoms with Crippen molar-refractivity contribution >= 4 is 11.7 Å². The molecule has 0 aromatic carbocycles. The van der Waals surface area contributed by atoms with Crippen LogP contribution >= 0.6 is 0 Å². The fourth-order valence-corrected chi connectivity index (χ4v) is 8.69. The lowest BCUT2D eigenvalue weighted by molar-refractivity contribution is -0.215. The largest absolute Gasteiger partial charge is 0.378 e. The maximum Gasteiger partial charge on any atom is 0.259 e. The number of nitrogens with one attached hydrogen (secondary N) is 1. The Morgan fingerprint density at radius 2 is 1.98 bits per heavy atom. The van der Waals surface area contributed by atoms with E-state index >= 15 is 4.39 Å². The second kappa shape index (κ2) is 11.2. The first kappa shape index (κ1) is 26.6. The fourth-order valence-electron chi connectivity index (χ4n) is 8.69. The normalized spacial score (nSPS) is 39.2. The van der Waals surface area contributed by atoms with E-state index in [4.69, 9.17) is 9.47 Å². The molecule has 1 aromatic rings. The van der Waals surface area contributed by atoms with Crippen LogP contribution in [0.5, 0.6) is 0 Å². The van der Waals surface area contributed by atoms with Crippen LogP contribution in [0, 0.1) is 17.8 Å². The Morgan fingerprint density at radius 1 is 1.12 bits per heavy atom. The van der Waals surface area contributed by atoms with Gasteiger partial charge in [-0.3, -0.25) is 9.59 Å². The number of aryl methyl sites for hydroxylation is 1. The third-order valence-corrected chi connectivity index (χ3v) is 10.5. The van der Waals surface area contributed by atoms with E-state index in [0.29, 0.717) is 44.7 Å². The molecule has 9 nitrogen and oxygen atoms in total. The summed E-state index contributed by atoms with van der Waals surface area (Å²) in [5.41, 5.74) is 0.236. The average molecular weight is 556 g/mol. The van der Waals surface area contributed by atoms with E-state index in [1.165, 1.54) is 19.3 Å². The quantitative estimate of drug-likeness (QED) is 0.426. The highest BCUT2D eigenvalue weighted by Crippen LogP contribution is 2.51. The number of ketones is 1. The molecule has 1 amide bonds. The molecule has 218 valence electrons. The molecule has 10 heteroatoms. The number of ether oxygens (including phenoxy) is 2. The smallest absolute Gasteiger partial charge is 0.259 e. The zero-order chi connectivity index (χ0) is 27.2. The molecule has 1 aromatic heterocycles. The number of morpholine rings is 2. The Hall–Kier alpha value is -2.30. The molecule has 4 heterocycles. The van der Waals surface area contributed by atoms with Gasteiger partial charge in [-0.2, -0.15) is 0 Å². The Labute approximate surface area is 235 Å². The highest BCUT2D eigenvalue weighted by atomic mass is 19.1. The lowest BCUT2D eigenvalue weighted by Gasteiger charge is -2.62. The molecule has 3 aliphatic carbocycles. The third-order valence-electron chi connectivity index (χ3n) is 10.5. The maximum atomic E-state index is 16.0. The summed E-state index contributed by atoms with van der Waals surface area (Å²) in [5, 5.41) is 3.49. The molecule has 3 saturated carbocycles. The first-order valence-electron chi connectivity index (χ1n) is 15.5. The molecule has 9 atom stereocenters. The molecule has 6 aliphatic rings. The number of Topliss-reactive ketones (excluding diaryl/α,β-unsaturated/α-hetero) is 1. The van der Waals surface area contributed by atoms with E-state index in [0.717, 1.165) is 32.2 Å². The van der Waals surface area contributed by atoms with E-state index in [2.05, 4.69) is 15.2 Å². The molecule has 5 fully saturated rings. The number of carbonyl (C=O) groups excluding carboxylic acids is 2. The molecule has 9 unspecified atom stereocenters. The molecular formula is C30H42FN5O4. The monoisotopic (exact) mass is 555 g/mol. The van der Waals surface area contributed by atoms with Gasteiger partial charge in [0.05, 0.1) is 55.4 Å². The van der Waals surface area contributed by atoms with Crippen molar-refractivity contribution in [3.63, 3.8) is 0 Å². The lowest BCUT2D eigenvalue weighted by Crippen LogP contribution is -2.74. The van der Waals surface area contributed by atoms with Crippen LogP contribution in [0.3, 0.4) is 0 Å². The van der Waals surface area contributed by atoms with Gasteiger partial charge in [0.15, 0.2) is 5.78 Å². The molecule has 3 aliphatic heterocycles. The predicted octanol–water partition coefficient (Wildman–Crippen LogP) is 2.32. The van der Waals surface area contributed by atoms with Crippen molar-refractivity contribution in [3.05, 3.63) is 30.5 Å². The van der Waals surface area contributed by atoms with Crippen molar-refractivity contribution in [2.24, 2.45) is 17.8 Å². The second-order valence-electron chi connectivity index (χ2n) is 12.7. The minimum absolute atomic E-state index is 0.00834. The van der Waals surface area contributed by atoms with Gasteiger partial charge in [0, 0.05) is 44.1 Å². The Bertz CT molecular complexity index is 1110. The molecule has 1 N–H and O–H groups in total. The van der Waals surface area contributed by atoms with E-state index in [9.17, 15) is 9.59 Å². The van der Waals surface area contributed by atoms with Crippen LogP contribution in [0.25, 0.3) is 0 Å². The summed E-state index contributed by atoms with van der Waals surface area (Å²) in [7, 11) is 0. The SMILES string of the molecule is O=C1C(C(=O)N2CCOCC2)=CN2C3C(CCC4CCCCC43)OC3C(NCCCn4ccnc4)C(F)CC1C32. The highest BCUT2D eigenvalue weighted by Gasteiger charge is 2.60. The number of rotatable bonds is 6. The number of hydrogen-bond donors (Lipinski definition) is 1. The number of halogens is 1. The van der Waals surface area contributed by atoms with Crippen molar-refractivity contribution < 1.29 is 23.5 Å². The second-order valence-corrected chi connectivity index (χ2v) is 12.7. The van der Waals surface area contributed by atoms with Gasteiger partial charge >= 0.3 is 0 Å². The van der Waals surface area contributed by atoms with Crippen LogP contribution in [0.15, 0.2) is 30.5 Å². The topological polar surface area (TPSA) is 88.9 Å². The summed E-state index contributed by atoms with van der Waals surface area (Å²) >= 11 is 0. The molecule has 7 rings (SSSR count). The first-order valence-corrected chi connectivity index (χ1v) is 15.5. The molecule has 0 spiro atoms. The highest BCUT2D eigenvalue weighted by molar-refractivity contribution is 6.20. The summed E-state index contributed by atoms with van der Waals surface area (Å²) in [4.78, 5) is 35.8. The molecule has 2 saturated heterocycles. The van der Waals surface area contributed by atoms with E-state index in [1.54, 1.807) is 17.4 Å². The number of alkyl halides is 1. The number of aromatic nitrogens is 2. The zero-order valence-electron chi connectivity index (χ0n) is 23.2. The summed E-state index contributed by atoms with van der Waals surface area (Å²) in [6.45, 7) is 3.39. The van der Waals surface area contributed by atoms with Crippen LogP contribution < -0.4 is 5.32 Å². The minimum atomic E-state index is -1.22. The number of fused-ring (bicyclic) bond motifs is 4. The Kier molecular flexibility index (Phi) is 7.43. The molecule has 0 radical (unpaired) electrons. The minimum Gasteiger partial charge on any atom is -0.378 e. The van der Waals surface area contributed by atoms with Crippen molar-refractivity contribution in [2.75, 3.05) is 32.8 Å². The lowest BCUT2D eigenvalue weighted by atomic mass is 9.63. The molecule has 0 bridgehead atoms. The van der Waals surface area contributed by atoms with Crippen LogP contribution in [-0.4, -0.2) is 100 Å². The van der Waals surface area contributed by atoms with Gasteiger partial charge in [0.2, 0.25) is 0 Å². The van der Waals surface area contributed by atoms with Gasteiger partial charge in [-0.1, -0.05) is 19.3 Å². The maximum absolute atomic E-state index is 16.0. The van der Waals surface area contributed by atoms with Crippen LogP contribution in [0.1, 0.15) is 51.4 Å². The van der Waals surface area contributed by atoms with Crippen molar-refractivity contribution in [1.29, 1.82) is 0 Å². The van der Waals surface area contributed by atoms with Crippen molar-refractivity contribution in [2.45, 2.75) is 94.4 Å². The van der Waals surface area contributed by atoms with Gasteiger partial charge in [0.25, 0.3) is 5.91 Å². The van der Waals surface area contributed by atoms with Gasteiger partial charge in [-0.15, -0.1) is 0 Å². The van der Waals surface area contributed by atoms with E-state index in [1.807, 2.05) is 17.0 Å². The van der Waals surface area contributed by atoms with Gasteiger partial charge in [-0.25, -0.2) is 9.37 Å². The van der Waals surface area contributed by atoms with E-state index < -0.39 is 24.2 Å². The number of hydrogen-bond acceptors (Lipinski definition) is 7. The van der Waals surface area contributed by atoms with Crippen LogP contribution in [-0.2, 0) is 25.6 Å². The summed E-state index contributed by atoms with van der Waals surface area (Å²) in [6, 6.07) is -0.579. The number of amides is 1. The average Bonchev–Trinajstić information content (AvgIpc) is 3.51. The van der Waals surface area contributed by atoms with Crippen molar-refractivity contribution in [1.82, 2.24) is 24.7 Å². The summed E-state index contributed by atoms with van der Waals surface area (Å²) in [5.74, 6) is 0.147. The number of nitrogens with zero attached hydrogens (tertiary/aromatic N) is 4. The van der Waals surface area contributed by atoms with Gasteiger partial charge in [0.1, 0.15) is 6.17 Å². The number of imidazole rings is 1. The predicted molar refractivity (Wildman–Crippen MR) is 145 cm³/mol. The standard InChI is InChI=1S/C30H42FN5O4/c31-23-16-21-27-29(25(23)33-8-3-10-34-11-9-32-18-34)40-24-7-6-19-4-1-2-5-20(19)26(24)36(27)17-22(28(21)37)30(38)35-12-14-39-15-13-35/h9,11,17-21,23-27,29,33H,1-8,10,12-16H2. The van der Waals surface area contributed by atoms with E-state index in [-0.39, 0.29) is 41.9 Å². The van der Waals surface area contributed by atoms with Crippen LogP contribution in [0.2, 0.25) is 0 Å².